The number of carbonyl (C=O) groups excluding carboxylic acids is 1. The lowest BCUT2D eigenvalue weighted by Crippen LogP contribution is -2.17. The molecule has 0 heterocycles. The molecule has 1 amide bonds. The summed E-state index contributed by atoms with van der Waals surface area (Å²) in [4.78, 5) is 14.7. The maximum atomic E-state index is 12.6. The van der Waals surface area contributed by atoms with Crippen LogP contribution in [0.5, 0.6) is 0 Å². The first kappa shape index (κ1) is 21.4. The van der Waals surface area contributed by atoms with Gasteiger partial charge in [0.15, 0.2) is 0 Å². The van der Waals surface area contributed by atoms with Crippen LogP contribution in [0.4, 0.5) is 17.1 Å². The molecule has 0 aliphatic heterocycles. The average molecular weight is 424 g/mol. The SMILES string of the molecule is CCN(C)c1cccc(NC(=O)c2ccc(S(=O)(=O)Nc3ccccc3C)cc2)c1. The zero-order valence-corrected chi connectivity index (χ0v) is 18.0. The van der Waals surface area contributed by atoms with Crippen molar-refractivity contribution in [2.24, 2.45) is 0 Å². The van der Waals surface area contributed by atoms with Crippen LogP contribution < -0.4 is 14.9 Å². The molecule has 0 saturated carbocycles. The lowest BCUT2D eigenvalue weighted by atomic mass is 10.2. The predicted molar refractivity (Wildman–Crippen MR) is 122 cm³/mol. The van der Waals surface area contributed by atoms with Crippen molar-refractivity contribution in [2.75, 3.05) is 28.5 Å². The third kappa shape index (κ3) is 4.99. The van der Waals surface area contributed by atoms with Gasteiger partial charge in [0.2, 0.25) is 0 Å². The molecule has 0 bridgehead atoms. The van der Waals surface area contributed by atoms with Crippen molar-refractivity contribution in [2.45, 2.75) is 18.7 Å². The van der Waals surface area contributed by atoms with Gasteiger partial charge in [0, 0.05) is 30.5 Å². The molecular weight excluding hydrogens is 398 g/mol. The molecule has 3 aromatic carbocycles. The van der Waals surface area contributed by atoms with Crippen LogP contribution in [0.1, 0.15) is 22.8 Å². The van der Waals surface area contributed by atoms with E-state index in [9.17, 15) is 13.2 Å². The van der Waals surface area contributed by atoms with Gasteiger partial charge in [-0.2, -0.15) is 0 Å². The Morgan fingerprint density at radius 3 is 2.33 bits per heavy atom. The molecule has 0 fully saturated rings. The van der Waals surface area contributed by atoms with Gasteiger partial charge in [-0.25, -0.2) is 8.42 Å². The first-order valence-corrected chi connectivity index (χ1v) is 11.1. The summed E-state index contributed by atoms with van der Waals surface area (Å²) in [5, 5.41) is 2.85. The highest BCUT2D eigenvalue weighted by Gasteiger charge is 2.16. The monoisotopic (exact) mass is 423 g/mol. The van der Waals surface area contributed by atoms with Gasteiger partial charge in [-0.3, -0.25) is 9.52 Å². The summed E-state index contributed by atoms with van der Waals surface area (Å²) < 4.78 is 27.9. The number of para-hydroxylation sites is 1. The lowest BCUT2D eigenvalue weighted by Gasteiger charge is -2.17. The molecule has 30 heavy (non-hydrogen) atoms. The lowest BCUT2D eigenvalue weighted by molar-refractivity contribution is 0.102. The summed E-state index contributed by atoms with van der Waals surface area (Å²) >= 11 is 0. The van der Waals surface area contributed by atoms with Crippen LogP contribution in [0.2, 0.25) is 0 Å². The standard InChI is InChI=1S/C23H25N3O3S/c1-4-26(3)20-10-7-9-19(16-20)24-23(27)18-12-14-21(15-13-18)30(28,29)25-22-11-6-5-8-17(22)2/h5-16,25H,4H2,1-3H3,(H,24,27). The second-order valence-corrected chi connectivity index (χ2v) is 8.65. The van der Waals surface area contributed by atoms with Crippen LogP contribution >= 0.6 is 0 Å². The summed E-state index contributed by atoms with van der Waals surface area (Å²) in [6, 6.07) is 20.6. The van der Waals surface area contributed by atoms with Crippen molar-refractivity contribution in [3.8, 4) is 0 Å². The number of aryl methyl sites for hydroxylation is 1. The number of sulfonamides is 1. The minimum absolute atomic E-state index is 0.0915. The second kappa shape index (κ2) is 9.00. The maximum absolute atomic E-state index is 12.6. The van der Waals surface area contributed by atoms with Crippen LogP contribution in [-0.4, -0.2) is 27.9 Å². The van der Waals surface area contributed by atoms with Gasteiger partial charge in [0.05, 0.1) is 10.6 Å². The molecule has 0 aliphatic rings. The van der Waals surface area contributed by atoms with Gasteiger partial charge in [0.25, 0.3) is 15.9 Å². The highest BCUT2D eigenvalue weighted by Crippen LogP contribution is 2.21. The van der Waals surface area contributed by atoms with E-state index in [1.54, 1.807) is 12.1 Å². The molecule has 0 aliphatic carbocycles. The van der Waals surface area contributed by atoms with E-state index in [4.69, 9.17) is 0 Å². The van der Waals surface area contributed by atoms with Gasteiger partial charge in [-0.05, 0) is 67.9 Å². The Hall–Kier alpha value is -3.32. The second-order valence-electron chi connectivity index (χ2n) is 6.96. The number of anilines is 3. The van der Waals surface area contributed by atoms with Crippen LogP contribution in [0.25, 0.3) is 0 Å². The zero-order chi connectivity index (χ0) is 21.7. The van der Waals surface area contributed by atoms with Crippen LogP contribution in [-0.2, 0) is 10.0 Å². The predicted octanol–water partition coefficient (Wildman–Crippen LogP) is 4.50. The highest BCUT2D eigenvalue weighted by molar-refractivity contribution is 7.92. The topological polar surface area (TPSA) is 78.5 Å². The molecule has 3 rings (SSSR count). The van der Waals surface area contributed by atoms with Crippen molar-refractivity contribution in [3.05, 3.63) is 83.9 Å². The summed E-state index contributed by atoms with van der Waals surface area (Å²) in [6.07, 6.45) is 0. The summed E-state index contributed by atoms with van der Waals surface area (Å²) in [5.74, 6) is -0.304. The minimum atomic E-state index is -3.74. The van der Waals surface area contributed by atoms with Crippen molar-refractivity contribution >= 4 is 33.0 Å². The highest BCUT2D eigenvalue weighted by atomic mass is 32.2. The fourth-order valence-corrected chi connectivity index (χ4v) is 4.01. The Bertz CT molecular complexity index is 1140. The molecular formula is C23H25N3O3S. The Balaban J connectivity index is 1.74. The fourth-order valence-electron chi connectivity index (χ4n) is 2.88. The first-order valence-electron chi connectivity index (χ1n) is 9.61. The molecule has 7 heteroatoms. The van der Waals surface area contributed by atoms with Gasteiger partial charge in [0.1, 0.15) is 0 Å². The van der Waals surface area contributed by atoms with E-state index < -0.39 is 10.0 Å². The molecule has 0 aromatic heterocycles. The van der Waals surface area contributed by atoms with E-state index in [1.165, 1.54) is 24.3 Å². The van der Waals surface area contributed by atoms with Crippen LogP contribution in [0, 0.1) is 6.92 Å². The van der Waals surface area contributed by atoms with Gasteiger partial charge >= 0.3 is 0 Å². The molecule has 0 unspecified atom stereocenters. The fraction of sp³-hybridized carbons (Fsp3) is 0.174. The van der Waals surface area contributed by atoms with Crippen molar-refractivity contribution < 1.29 is 13.2 Å². The number of carbonyl (C=O) groups is 1. The van der Waals surface area contributed by atoms with Gasteiger partial charge in [-0.1, -0.05) is 24.3 Å². The number of amides is 1. The Kier molecular flexibility index (Phi) is 6.42. The molecule has 6 nitrogen and oxygen atoms in total. The summed E-state index contributed by atoms with van der Waals surface area (Å²) in [6.45, 7) is 4.73. The van der Waals surface area contributed by atoms with Crippen molar-refractivity contribution in [3.63, 3.8) is 0 Å². The van der Waals surface area contributed by atoms with Crippen LogP contribution in [0.3, 0.4) is 0 Å². The van der Waals surface area contributed by atoms with E-state index in [2.05, 4.69) is 21.9 Å². The Morgan fingerprint density at radius 1 is 0.967 bits per heavy atom. The third-order valence-corrected chi connectivity index (χ3v) is 6.22. The van der Waals surface area contributed by atoms with Crippen molar-refractivity contribution in [1.82, 2.24) is 0 Å². The number of benzene rings is 3. The normalized spacial score (nSPS) is 11.0. The third-order valence-electron chi connectivity index (χ3n) is 4.84. The molecule has 2 N–H and O–H groups in total. The van der Waals surface area contributed by atoms with Gasteiger partial charge < -0.3 is 10.2 Å². The summed E-state index contributed by atoms with van der Waals surface area (Å²) in [7, 11) is -1.77. The van der Waals surface area contributed by atoms with E-state index >= 15 is 0 Å². The number of nitrogens with one attached hydrogen (secondary N) is 2. The number of hydrogen-bond acceptors (Lipinski definition) is 4. The van der Waals surface area contributed by atoms with E-state index in [0.29, 0.717) is 16.9 Å². The molecule has 0 radical (unpaired) electrons. The molecule has 156 valence electrons. The summed E-state index contributed by atoms with van der Waals surface area (Å²) in [5.41, 5.74) is 3.40. The molecule has 3 aromatic rings. The first-order chi connectivity index (χ1) is 14.3. The number of nitrogens with zero attached hydrogens (tertiary/aromatic N) is 1. The minimum Gasteiger partial charge on any atom is -0.375 e. The van der Waals surface area contributed by atoms with E-state index in [-0.39, 0.29) is 10.8 Å². The zero-order valence-electron chi connectivity index (χ0n) is 17.2. The Morgan fingerprint density at radius 2 is 1.67 bits per heavy atom. The number of rotatable bonds is 7. The smallest absolute Gasteiger partial charge is 0.261 e. The van der Waals surface area contributed by atoms with E-state index in [1.807, 2.05) is 50.4 Å². The number of hydrogen-bond donors (Lipinski definition) is 2. The largest absolute Gasteiger partial charge is 0.375 e. The Labute approximate surface area is 177 Å². The van der Waals surface area contributed by atoms with Gasteiger partial charge in [-0.15, -0.1) is 0 Å². The van der Waals surface area contributed by atoms with Crippen LogP contribution in [0.15, 0.2) is 77.7 Å². The molecule has 0 atom stereocenters. The van der Waals surface area contributed by atoms with Crippen molar-refractivity contribution in [1.29, 1.82) is 0 Å². The molecule has 0 saturated heterocycles. The quantitative estimate of drug-likeness (QED) is 0.586. The maximum Gasteiger partial charge on any atom is 0.261 e. The molecule has 0 spiro atoms. The average Bonchev–Trinajstić information content (AvgIpc) is 2.75. The van der Waals surface area contributed by atoms with E-state index in [0.717, 1.165) is 17.8 Å².